The van der Waals surface area contributed by atoms with E-state index in [1.807, 2.05) is 30.3 Å². The van der Waals surface area contributed by atoms with E-state index >= 15 is 0 Å². The lowest BCUT2D eigenvalue weighted by Gasteiger charge is -2.23. The number of benzene rings is 2. The van der Waals surface area contributed by atoms with Crippen molar-refractivity contribution in [1.82, 2.24) is 0 Å². The number of nitroso groups, excluding NO2 is 1. The van der Waals surface area contributed by atoms with E-state index in [0.717, 1.165) is 77.3 Å². The zero-order chi connectivity index (χ0) is 22.9. The number of nitrogens with two attached hydrogens (primary N) is 1. The highest BCUT2D eigenvalue weighted by atomic mass is 79.9. The van der Waals surface area contributed by atoms with Crippen LogP contribution in [0, 0.1) is 4.91 Å². The molecular formula is C23H29Br2N2O5+. The molecule has 7 nitrogen and oxygen atoms in total. The van der Waals surface area contributed by atoms with Crippen molar-refractivity contribution >= 4 is 43.2 Å². The van der Waals surface area contributed by atoms with Gasteiger partial charge in [-0.25, -0.2) is 0 Å². The molecule has 2 aromatic carbocycles. The predicted molar refractivity (Wildman–Crippen MR) is 131 cm³/mol. The first-order valence-electron chi connectivity index (χ1n) is 10.7. The minimum atomic E-state index is 0.190. The van der Waals surface area contributed by atoms with Gasteiger partial charge in [0.1, 0.15) is 23.7 Å². The molecule has 0 spiro atoms. The summed E-state index contributed by atoms with van der Waals surface area (Å²) in [7, 11) is 1.47. The molecule has 2 aliphatic rings. The lowest BCUT2D eigenvalue weighted by atomic mass is 10.1. The van der Waals surface area contributed by atoms with Gasteiger partial charge in [-0.05, 0) is 56.1 Å². The van der Waals surface area contributed by atoms with Crippen LogP contribution in [-0.4, -0.2) is 50.4 Å². The van der Waals surface area contributed by atoms with Crippen LogP contribution in [0.4, 0.5) is 11.4 Å². The number of anilines is 1. The van der Waals surface area contributed by atoms with Crippen molar-refractivity contribution < 1.29 is 23.7 Å². The van der Waals surface area contributed by atoms with E-state index in [4.69, 9.17) is 24.7 Å². The number of halogens is 2. The molecule has 32 heavy (non-hydrogen) atoms. The maximum Gasteiger partial charge on any atom is 0.273 e. The molecule has 0 radical (unpaired) electrons. The van der Waals surface area contributed by atoms with Crippen LogP contribution in [0.15, 0.2) is 45.3 Å². The van der Waals surface area contributed by atoms with Gasteiger partial charge in [-0.2, -0.15) is 0 Å². The standard InChI is InChI=1S/C12H15BrNO3.C11H14BrNO2/c1-14(15)12-8-10(2-3-11(12)13)17-9-4-6-16-7-5-9;12-10-2-1-9(7-11(10)13)15-8-3-5-14-6-4-8/h2-3,8-9H,4-7H2,1H3;1-2,7-8H,3-6,13H2/q+1;. The minimum absolute atomic E-state index is 0.190. The monoisotopic (exact) mass is 571 g/mol. The van der Waals surface area contributed by atoms with Gasteiger partial charge in [0.25, 0.3) is 5.69 Å². The summed E-state index contributed by atoms with van der Waals surface area (Å²) in [5.74, 6) is 1.57. The average molecular weight is 573 g/mol. The predicted octanol–water partition coefficient (Wildman–Crippen LogP) is 5.64. The Morgan fingerprint density at radius 1 is 0.844 bits per heavy atom. The number of nitrogens with zero attached hydrogens (tertiary/aromatic N) is 1. The van der Waals surface area contributed by atoms with Crippen LogP contribution in [-0.2, 0) is 9.47 Å². The van der Waals surface area contributed by atoms with Gasteiger partial charge in [-0.3, -0.25) is 0 Å². The van der Waals surface area contributed by atoms with Crippen LogP contribution < -0.4 is 15.2 Å². The molecule has 0 bridgehead atoms. The SMILES string of the molecule is C[N+](=O)c1cc(OC2CCOCC2)ccc1Br.Nc1cc(OC2CCOCC2)ccc1Br. The Kier molecular flexibility index (Phi) is 9.77. The highest BCUT2D eigenvalue weighted by molar-refractivity contribution is 9.11. The van der Waals surface area contributed by atoms with Crippen molar-refractivity contribution in [3.05, 3.63) is 50.3 Å². The summed E-state index contributed by atoms with van der Waals surface area (Å²) in [4.78, 5) is 11.3. The summed E-state index contributed by atoms with van der Waals surface area (Å²) < 4.78 is 24.7. The molecule has 0 amide bonds. The second-order valence-electron chi connectivity index (χ2n) is 7.65. The first kappa shape index (κ1) is 25.0. The summed E-state index contributed by atoms with van der Waals surface area (Å²) in [6.07, 6.45) is 4.16. The molecule has 174 valence electrons. The van der Waals surface area contributed by atoms with Gasteiger partial charge in [0.2, 0.25) is 0 Å². The fraction of sp³-hybridized carbons (Fsp3) is 0.478. The molecule has 2 aromatic rings. The van der Waals surface area contributed by atoms with E-state index in [-0.39, 0.29) is 12.2 Å². The molecule has 0 atom stereocenters. The Morgan fingerprint density at radius 3 is 1.78 bits per heavy atom. The molecule has 9 heteroatoms. The van der Waals surface area contributed by atoms with E-state index in [1.54, 1.807) is 6.07 Å². The van der Waals surface area contributed by atoms with Crippen molar-refractivity contribution in [1.29, 1.82) is 0 Å². The third-order valence-electron chi connectivity index (χ3n) is 5.17. The molecule has 0 saturated carbocycles. The van der Waals surface area contributed by atoms with Gasteiger partial charge in [-0.1, -0.05) is 0 Å². The van der Waals surface area contributed by atoms with E-state index in [9.17, 15) is 4.91 Å². The molecule has 4 rings (SSSR count). The summed E-state index contributed by atoms with van der Waals surface area (Å²) in [6, 6.07) is 11.1. The summed E-state index contributed by atoms with van der Waals surface area (Å²) in [5.41, 5.74) is 7.06. The van der Waals surface area contributed by atoms with Crippen LogP contribution in [0.25, 0.3) is 0 Å². The normalized spacial score (nSPS) is 17.2. The van der Waals surface area contributed by atoms with Crippen molar-refractivity contribution in [2.45, 2.75) is 37.9 Å². The summed E-state index contributed by atoms with van der Waals surface area (Å²) >= 11 is 6.69. The lowest BCUT2D eigenvalue weighted by molar-refractivity contribution is -0.429. The average Bonchev–Trinajstić information content (AvgIpc) is 2.79. The van der Waals surface area contributed by atoms with Gasteiger partial charge in [0, 0.05) is 51.6 Å². The Labute approximate surface area is 205 Å². The minimum Gasteiger partial charge on any atom is -0.490 e. The molecule has 2 saturated heterocycles. The number of ether oxygens (including phenoxy) is 4. The zero-order valence-corrected chi connectivity index (χ0v) is 21.3. The largest absolute Gasteiger partial charge is 0.490 e. The Bertz CT molecular complexity index is 900. The number of hydrogen-bond acceptors (Lipinski definition) is 6. The molecule has 0 unspecified atom stereocenters. The fourth-order valence-corrected chi connectivity index (χ4v) is 4.12. The van der Waals surface area contributed by atoms with Gasteiger partial charge in [0.05, 0.1) is 37.0 Å². The van der Waals surface area contributed by atoms with Crippen molar-refractivity contribution in [2.75, 3.05) is 39.2 Å². The molecule has 2 aliphatic heterocycles. The van der Waals surface area contributed by atoms with E-state index < -0.39 is 0 Å². The second kappa shape index (κ2) is 12.5. The molecule has 2 fully saturated rings. The number of nitrogen functional groups attached to an aromatic ring is 1. The van der Waals surface area contributed by atoms with E-state index in [1.165, 1.54) is 7.05 Å². The number of rotatable bonds is 5. The van der Waals surface area contributed by atoms with Crippen LogP contribution in [0.3, 0.4) is 0 Å². The topological polar surface area (TPSA) is 83.0 Å². The molecule has 0 aromatic heterocycles. The highest BCUT2D eigenvalue weighted by Gasteiger charge is 2.19. The van der Waals surface area contributed by atoms with Gasteiger partial charge in [0.15, 0.2) is 7.05 Å². The third-order valence-corrected chi connectivity index (χ3v) is 6.56. The second-order valence-corrected chi connectivity index (χ2v) is 9.36. The van der Waals surface area contributed by atoms with Crippen molar-refractivity contribution in [2.24, 2.45) is 0 Å². The van der Waals surface area contributed by atoms with Crippen molar-refractivity contribution in [3.8, 4) is 11.5 Å². The maximum atomic E-state index is 11.3. The summed E-state index contributed by atoms with van der Waals surface area (Å²) in [6.45, 7) is 3.07. The van der Waals surface area contributed by atoms with Gasteiger partial charge in [-0.15, -0.1) is 0 Å². The maximum absolute atomic E-state index is 11.3. The lowest BCUT2D eigenvalue weighted by Crippen LogP contribution is -2.25. The molecule has 2 heterocycles. The Balaban J connectivity index is 0.000000182. The van der Waals surface area contributed by atoms with E-state index in [0.29, 0.717) is 11.4 Å². The smallest absolute Gasteiger partial charge is 0.273 e. The van der Waals surface area contributed by atoms with Gasteiger partial charge >= 0.3 is 0 Å². The molecular weight excluding hydrogens is 544 g/mol. The third kappa shape index (κ3) is 7.72. The summed E-state index contributed by atoms with van der Waals surface area (Å²) in [5, 5.41) is 0. The fourth-order valence-electron chi connectivity index (χ4n) is 3.37. The number of hydrogen-bond donors (Lipinski definition) is 1. The van der Waals surface area contributed by atoms with Crippen molar-refractivity contribution in [3.63, 3.8) is 0 Å². The van der Waals surface area contributed by atoms with Crippen LogP contribution >= 0.6 is 31.9 Å². The van der Waals surface area contributed by atoms with Crippen LogP contribution in [0.2, 0.25) is 0 Å². The quantitative estimate of drug-likeness (QED) is 0.369. The Morgan fingerprint density at radius 2 is 1.31 bits per heavy atom. The molecule has 0 aliphatic carbocycles. The Hall–Kier alpha value is -1.68. The first-order chi connectivity index (χ1) is 15.4. The molecule has 2 N–H and O–H groups in total. The van der Waals surface area contributed by atoms with E-state index in [2.05, 4.69) is 31.9 Å². The van der Waals surface area contributed by atoms with Crippen LogP contribution in [0.5, 0.6) is 11.5 Å². The highest BCUT2D eigenvalue weighted by Crippen LogP contribution is 2.30. The first-order valence-corrected chi connectivity index (χ1v) is 12.2. The van der Waals surface area contributed by atoms with Gasteiger partial charge < -0.3 is 24.7 Å². The zero-order valence-electron chi connectivity index (χ0n) is 18.1. The van der Waals surface area contributed by atoms with Crippen LogP contribution in [0.1, 0.15) is 25.7 Å².